The molecular weight excluding hydrogens is 432 g/mol. The number of nitrogen functional groups attached to an aromatic ring is 2. The van der Waals surface area contributed by atoms with Crippen molar-refractivity contribution in [1.82, 2.24) is 4.98 Å². The third kappa shape index (κ3) is 6.01. The summed E-state index contributed by atoms with van der Waals surface area (Å²) in [5.41, 5.74) is 17.3. The molecule has 1 heterocycles. The third-order valence-electron chi connectivity index (χ3n) is 2.03. The Morgan fingerprint density at radius 3 is 2.00 bits per heavy atom. The predicted molar refractivity (Wildman–Crippen MR) is 79.0 cm³/mol. The fourth-order valence-electron chi connectivity index (χ4n) is 1.39. The van der Waals surface area contributed by atoms with Crippen LogP contribution >= 0.6 is 0 Å². The van der Waals surface area contributed by atoms with Crippen LogP contribution in [0.2, 0.25) is 0 Å². The summed E-state index contributed by atoms with van der Waals surface area (Å²) in [4.78, 5) is 15.8. The average molecular weight is 452 g/mol. The van der Waals surface area contributed by atoms with Crippen LogP contribution in [0.25, 0.3) is 0 Å². The molecule has 6 heteroatoms. The molecule has 1 aromatic carbocycles. The standard InChI is InChI=1S/C11H11N3O.C2H5.CH4N.Ir/c12-8-4-7(5-9(13)6-8)11(15)10-2-1-3-14-10;2*1-2;/h1-6H,12-13H2,(H,14,15);1H2,2H3;1-2H2;/q;2*-1;+3/p-1. The van der Waals surface area contributed by atoms with Crippen LogP contribution in [0, 0.1) is 14.0 Å². The van der Waals surface area contributed by atoms with Crippen LogP contribution in [-0.2, 0) is 20.1 Å². The van der Waals surface area contributed by atoms with Crippen LogP contribution in [0.1, 0.15) is 23.0 Å². The fourth-order valence-corrected chi connectivity index (χ4v) is 1.39. The van der Waals surface area contributed by atoms with Crippen molar-refractivity contribution in [3.05, 3.63) is 61.8 Å². The van der Waals surface area contributed by atoms with Gasteiger partial charge < -0.3 is 29.1 Å². The van der Waals surface area contributed by atoms with E-state index in [9.17, 15) is 4.79 Å². The first-order valence-corrected chi connectivity index (χ1v) is 5.57. The van der Waals surface area contributed by atoms with Gasteiger partial charge in [-0.3, -0.25) is 11.8 Å². The van der Waals surface area contributed by atoms with Gasteiger partial charge in [0, 0.05) is 16.9 Å². The number of ketones is 1. The number of carbonyl (C=O) groups is 1. The molecule has 0 saturated carbocycles. The number of anilines is 2. The fraction of sp³-hybridized carbons (Fsp3) is 0.0714. The summed E-state index contributed by atoms with van der Waals surface area (Å²) < 4.78 is 0. The van der Waals surface area contributed by atoms with Crippen LogP contribution in [0.15, 0.2) is 36.5 Å². The number of hydrogen-bond acceptors (Lipinski definition) is 4. The van der Waals surface area contributed by atoms with Gasteiger partial charge in [-0.05, 0) is 18.2 Å². The van der Waals surface area contributed by atoms with Gasteiger partial charge in [-0.25, -0.2) is 0 Å². The second-order valence-corrected chi connectivity index (χ2v) is 3.24. The molecule has 6 N–H and O–H groups in total. The zero-order chi connectivity index (χ0) is 14.8. The molecule has 0 bridgehead atoms. The second-order valence-electron chi connectivity index (χ2n) is 3.24. The van der Waals surface area contributed by atoms with Gasteiger partial charge in [0.1, 0.15) is 0 Å². The Morgan fingerprint density at radius 1 is 1.10 bits per heavy atom. The van der Waals surface area contributed by atoms with E-state index in [0.717, 1.165) is 0 Å². The number of nitrogens with two attached hydrogens (primary N) is 3. The monoisotopic (exact) mass is 452 g/mol. The minimum atomic E-state index is -0.168. The van der Waals surface area contributed by atoms with Crippen LogP contribution in [0.4, 0.5) is 11.4 Å². The molecule has 110 valence electrons. The summed E-state index contributed by atoms with van der Waals surface area (Å²) in [6.07, 6.45) is 1.57. The van der Waals surface area contributed by atoms with Gasteiger partial charge in [0.05, 0.1) is 0 Å². The van der Waals surface area contributed by atoms with E-state index in [2.05, 4.69) is 24.7 Å². The molecule has 2 aromatic rings. The van der Waals surface area contributed by atoms with Crippen molar-refractivity contribution >= 4 is 17.2 Å². The number of benzene rings is 1. The van der Waals surface area contributed by atoms with E-state index in [1.165, 1.54) is 0 Å². The molecule has 0 aliphatic rings. The van der Waals surface area contributed by atoms with Crippen LogP contribution < -0.4 is 22.2 Å². The maximum atomic E-state index is 11.8. The van der Waals surface area contributed by atoms with Gasteiger partial charge in [-0.2, -0.15) is 13.1 Å². The predicted octanol–water partition coefficient (Wildman–Crippen LogP) is 1.61. The molecule has 0 unspecified atom stereocenters. The summed E-state index contributed by atoms with van der Waals surface area (Å²) in [5.74, 6) is -0.168. The Labute approximate surface area is 133 Å². The van der Waals surface area contributed by atoms with E-state index >= 15 is 0 Å². The molecule has 20 heavy (non-hydrogen) atoms. The number of rotatable bonds is 2. The van der Waals surface area contributed by atoms with E-state index in [1.54, 1.807) is 43.5 Å². The quantitative estimate of drug-likeness (QED) is 0.365. The molecule has 5 nitrogen and oxygen atoms in total. The average Bonchev–Trinajstić information content (AvgIpc) is 2.95. The number of hydrogen-bond donors (Lipinski definition) is 3. The van der Waals surface area contributed by atoms with Crippen LogP contribution in [0.3, 0.4) is 0 Å². The minimum absolute atomic E-state index is 0. The topological polar surface area (TPSA) is 109 Å². The van der Waals surface area contributed by atoms with Crippen LogP contribution in [0.5, 0.6) is 0 Å². The van der Waals surface area contributed by atoms with Crippen molar-refractivity contribution in [2.75, 3.05) is 11.5 Å². The Balaban J connectivity index is 0. The maximum absolute atomic E-state index is 11.8. The first-order valence-electron chi connectivity index (χ1n) is 5.57. The van der Waals surface area contributed by atoms with Gasteiger partial charge in [-0.1, -0.05) is 17.8 Å². The molecule has 0 aliphatic heterocycles. The molecule has 0 radical (unpaired) electrons. The molecule has 0 amide bonds. The molecular formula is C14H19IrN4O. The van der Waals surface area contributed by atoms with Crippen molar-refractivity contribution in [3.63, 3.8) is 0 Å². The summed E-state index contributed by atoms with van der Waals surface area (Å²) in [5, 5.41) is 0. The van der Waals surface area contributed by atoms with Gasteiger partial charge in [0.2, 0.25) is 0 Å². The summed E-state index contributed by atoms with van der Waals surface area (Å²) in [7, 11) is 2.75. The summed E-state index contributed by atoms with van der Waals surface area (Å²) in [6, 6.07) is 8.15. The first-order chi connectivity index (χ1) is 9.16. The van der Waals surface area contributed by atoms with E-state index in [1.807, 2.05) is 0 Å². The van der Waals surface area contributed by atoms with Crippen molar-refractivity contribution in [2.24, 2.45) is 5.73 Å². The molecule has 1 aromatic heterocycles. The van der Waals surface area contributed by atoms with Gasteiger partial charge in [-0.15, -0.1) is 0 Å². The third-order valence-corrected chi connectivity index (χ3v) is 2.03. The molecule has 0 spiro atoms. The smallest absolute Gasteiger partial charge is 0.661 e. The number of nitrogens with zero attached hydrogens (tertiary/aromatic N) is 1. The van der Waals surface area contributed by atoms with E-state index < -0.39 is 0 Å². The maximum Gasteiger partial charge on any atom is 3.00 e. The molecule has 0 aliphatic carbocycles. The van der Waals surface area contributed by atoms with Crippen LogP contribution in [-0.4, -0.2) is 5.78 Å². The Kier molecular flexibility index (Phi) is 11.6. The zero-order valence-corrected chi connectivity index (χ0v) is 13.7. The Hall–Kier alpha value is -1.62. The minimum Gasteiger partial charge on any atom is -0.661 e. The van der Waals surface area contributed by atoms with Gasteiger partial charge in [0.25, 0.3) is 0 Å². The van der Waals surface area contributed by atoms with Crippen molar-refractivity contribution < 1.29 is 24.9 Å². The summed E-state index contributed by atoms with van der Waals surface area (Å²) in [6.45, 7) is 5.00. The zero-order valence-electron chi connectivity index (χ0n) is 11.3. The number of carbonyl (C=O) groups excluding carboxylic acids is 1. The summed E-state index contributed by atoms with van der Waals surface area (Å²) >= 11 is 0. The molecule has 0 atom stereocenters. The van der Waals surface area contributed by atoms with Gasteiger partial charge >= 0.3 is 20.1 Å². The first kappa shape index (κ1) is 20.7. The molecule has 2 rings (SSSR count). The Bertz CT molecular complexity index is 478. The van der Waals surface area contributed by atoms with Crippen molar-refractivity contribution in [3.8, 4) is 0 Å². The Morgan fingerprint density at radius 2 is 1.60 bits per heavy atom. The van der Waals surface area contributed by atoms with Crippen molar-refractivity contribution in [2.45, 2.75) is 6.92 Å². The SMILES string of the molecule is Nc1cc(N)cc(C(=O)c2ccc[n-]2)c1.[CH2-]C.[CH2-]N.[Ir+3]. The van der Waals surface area contributed by atoms with Gasteiger partial charge in [0.15, 0.2) is 5.78 Å². The largest absolute Gasteiger partial charge is 3.00 e. The molecule has 0 fully saturated rings. The normalized spacial score (nSPS) is 8.20. The number of aromatic nitrogens is 1. The van der Waals surface area contributed by atoms with E-state index in [4.69, 9.17) is 11.5 Å². The van der Waals surface area contributed by atoms with E-state index in [0.29, 0.717) is 22.6 Å². The molecule has 0 saturated heterocycles. The second kappa shape index (κ2) is 11.2. The van der Waals surface area contributed by atoms with E-state index in [-0.39, 0.29) is 25.9 Å². The van der Waals surface area contributed by atoms with Crippen molar-refractivity contribution in [1.29, 1.82) is 0 Å².